The van der Waals surface area contributed by atoms with Gasteiger partial charge in [-0.3, -0.25) is 4.79 Å². The third-order valence-corrected chi connectivity index (χ3v) is 5.60. The Morgan fingerprint density at radius 2 is 1.56 bits per heavy atom. The lowest BCUT2D eigenvalue weighted by atomic mass is 10.1. The molecule has 0 saturated heterocycles. The quantitative estimate of drug-likeness (QED) is 0.126. The maximum Gasteiger partial charge on any atom is 0.343 e. The molecule has 0 aliphatic heterocycles. The highest BCUT2D eigenvalue weighted by Crippen LogP contribution is 2.31. The van der Waals surface area contributed by atoms with Gasteiger partial charge in [-0.2, -0.15) is 5.10 Å². The molecule has 9 nitrogen and oxygen atoms in total. The lowest BCUT2D eigenvalue weighted by Crippen LogP contribution is -2.24. The van der Waals surface area contributed by atoms with Gasteiger partial charge in [0.25, 0.3) is 5.91 Å². The Morgan fingerprint density at radius 3 is 2.36 bits per heavy atom. The van der Waals surface area contributed by atoms with Crippen molar-refractivity contribution < 1.29 is 33.3 Å². The summed E-state index contributed by atoms with van der Waals surface area (Å²) in [7, 11) is 3.00. The molecule has 4 aromatic rings. The molecular formula is C30H28N2O7. The summed E-state index contributed by atoms with van der Waals surface area (Å²) in [5, 5.41) is 5.94. The number of hydrazone groups is 1. The van der Waals surface area contributed by atoms with E-state index >= 15 is 0 Å². The molecule has 0 aliphatic carbocycles. The maximum absolute atomic E-state index is 12.7. The van der Waals surface area contributed by atoms with Gasteiger partial charge in [-0.1, -0.05) is 36.4 Å². The van der Waals surface area contributed by atoms with E-state index < -0.39 is 11.9 Å². The minimum atomic E-state index is -0.586. The molecule has 0 spiro atoms. The average molecular weight is 529 g/mol. The molecule has 0 saturated carbocycles. The van der Waals surface area contributed by atoms with Crippen molar-refractivity contribution in [3.8, 4) is 28.7 Å². The third kappa shape index (κ3) is 6.84. The topological polar surface area (TPSA) is 105 Å². The molecule has 0 radical (unpaired) electrons. The number of ether oxygens (including phenoxy) is 5. The van der Waals surface area contributed by atoms with Gasteiger partial charge in [0.1, 0.15) is 5.75 Å². The Kier molecular flexibility index (Phi) is 8.97. The van der Waals surface area contributed by atoms with Crippen LogP contribution in [-0.2, 0) is 4.79 Å². The molecule has 0 unspecified atom stereocenters. The molecule has 0 heterocycles. The fraction of sp³-hybridized carbons (Fsp3) is 0.167. The summed E-state index contributed by atoms with van der Waals surface area (Å²) >= 11 is 0. The molecule has 0 atom stereocenters. The molecule has 0 fully saturated rings. The average Bonchev–Trinajstić information content (AvgIpc) is 2.97. The number of amides is 1. The largest absolute Gasteiger partial charge is 0.493 e. The Labute approximate surface area is 225 Å². The number of benzene rings is 4. The molecule has 1 N–H and O–H groups in total. The van der Waals surface area contributed by atoms with Crippen LogP contribution in [0.5, 0.6) is 28.7 Å². The molecule has 0 aromatic heterocycles. The van der Waals surface area contributed by atoms with Crippen LogP contribution >= 0.6 is 0 Å². The summed E-state index contributed by atoms with van der Waals surface area (Å²) in [6.07, 6.45) is 1.46. The number of carbonyl (C=O) groups is 2. The molecule has 4 aromatic carbocycles. The Morgan fingerprint density at radius 1 is 0.795 bits per heavy atom. The summed E-state index contributed by atoms with van der Waals surface area (Å²) in [4.78, 5) is 25.0. The van der Waals surface area contributed by atoms with Crippen molar-refractivity contribution in [3.05, 3.63) is 90.0 Å². The van der Waals surface area contributed by atoms with Crippen molar-refractivity contribution in [1.82, 2.24) is 5.43 Å². The molecule has 9 heteroatoms. The monoisotopic (exact) mass is 528 g/mol. The molecule has 200 valence electrons. The van der Waals surface area contributed by atoms with Crippen molar-refractivity contribution in [1.29, 1.82) is 0 Å². The number of rotatable bonds is 11. The van der Waals surface area contributed by atoms with Gasteiger partial charge in [-0.25, -0.2) is 10.2 Å². The molecule has 4 rings (SSSR count). The highest BCUT2D eigenvalue weighted by Gasteiger charge is 2.16. The van der Waals surface area contributed by atoms with Gasteiger partial charge in [0.15, 0.2) is 29.6 Å². The van der Waals surface area contributed by atoms with E-state index in [1.165, 1.54) is 26.5 Å². The first-order valence-corrected chi connectivity index (χ1v) is 12.2. The van der Waals surface area contributed by atoms with Gasteiger partial charge in [-0.15, -0.1) is 0 Å². The number of carbonyl (C=O) groups excluding carboxylic acids is 2. The number of methoxy groups -OCH3 is 2. The highest BCUT2D eigenvalue weighted by atomic mass is 16.6. The predicted octanol–water partition coefficient (Wildman–Crippen LogP) is 5.00. The number of hydrogen-bond donors (Lipinski definition) is 1. The van der Waals surface area contributed by atoms with Crippen LogP contribution in [0.2, 0.25) is 0 Å². The lowest BCUT2D eigenvalue weighted by molar-refractivity contribution is -0.123. The number of nitrogens with one attached hydrogen (secondary N) is 1. The Hall–Kier alpha value is -5.05. The van der Waals surface area contributed by atoms with Crippen molar-refractivity contribution >= 4 is 28.9 Å². The van der Waals surface area contributed by atoms with Crippen LogP contribution in [0, 0.1) is 0 Å². The van der Waals surface area contributed by atoms with E-state index in [2.05, 4.69) is 10.5 Å². The van der Waals surface area contributed by atoms with Gasteiger partial charge in [0.05, 0.1) is 32.6 Å². The van der Waals surface area contributed by atoms with Gasteiger partial charge >= 0.3 is 5.97 Å². The van der Waals surface area contributed by atoms with Crippen molar-refractivity contribution in [2.75, 3.05) is 27.4 Å². The summed E-state index contributed by atoms with van der Waals surface area (Å²) < 4.78 is 27.4. The van der Waals surface area contributed by atoms with Gasteiger partial charge < -0.3 is 23.7 Å². The van der Waals surface area contributed by atoms with Gasteiger partial charge in [0, 0.05) is 5.39 Å². The highest BCUT2D eigenvalue weighted by molar-refractivity contribution is 5.92. The minimum absolute atomic E-state index is 0.194. The van der Waals surface area contributed by atoms with Gasteiger partial charge in [-0.05, 0) is 60.3 Å². The van der Waals surface area contributed by atoms with E-state index in [9.17, 15) is 9.59 Å². The summed E-state index contributed by atoms with van der Waals surface area (Å²) in [6, 6.07) is 23.1. The fourth-order valence-corrected chi connectivity index (χ4v) is 3.76. The molecule has 0 bridgehead atoms. The molecule has 1 amide bonds. The Bertz CT molecular complexity index is 1490. The van der Waals surface area contributed by atoms with Crippen molar-refractivity contribution in [3.63, 3.8) is 0 Å². The SMILES string of the molecule is CCOc1cc(C=NNC(=O)COc2cccc3ccccc23)ccc1OC(=O)c1ccc(OC)c(OC)c1. The van der Waals surface area contributed by atoms with Crippen LogP contribution < -0.4 is 29.1 Å². The second-order valence-corrected chi connectivity index (χ2v) is 8.16. The van der Waals surface area contributed by atoms with Crippen molar-refractivity contribution in [2.45, 2.75) is 6.92 Å². The maximum atomic E-state index is 12.7. The van der Waals surface area contributed by atoms with Crippen LogP contribution in [0.3, 0.4) is 0 Å². The van der Waals surface area contributed by atoms with E-state index in [-0.39, 0.29) is 17.9 Å². The van der Waals surface area contributed by atoms with Crippen LogP contribution in [0.15, 0.2) is 84.0 Å². The van der Waals surface area contributed by atoms with Crippen LogP contribution in [0.25, 0.3) is 10.8 Å². The van der Waals surface area contributed by atoms with E-state index in [0.717, 1.165) is 10.8 Å². The Balaban J connectivity index is 1.38. The number of hydrogen-bond acceptors (Lipinski definition) is 8. The normalized spacial score (nSPS) is 10.7. The van der Waals surface area contributed by atoms with Crippen LogP contribution in [-0.4, -0.2) is 45.5 Å². The summed E-state index contributed by atoms with van der Waals surface area (Å²) in [5.41, 5.74) is 3.36. The first kappa shape index (κ1) is 27.0. The predicted molar refractivity (Wildman–Crippen MR) is 147 cm³/mol. The van der Waals surface area contributed by atoms with Crippen LogP contribution in [0.1, 0.15) is 22.8 Å². The summed E-state index contributed by atoms with van der Waals surface area (Å²) in [6.45, 7) is 1.97. The second kappa shape index (κ2) is 13.0. The number of fused-ring (bicyclic) bond motifs is 1. The smallest absolute Gasteiger partial charge is 0.343 e. The van der Waals surface area contributed by atoms with Gasteiger partial charge in [0.2, 0.25) is 0 Å². The summed E-state index contributed by atoms with van der Waals surface area (Å²) in [5.74, 6) is 1.11. The lowest BCUT2D eigenvalue weighted by Gasteiger charge is -2.12. The zero-order valence-corrected chi connectivity index (χ0v) is 21.8. The van der Waals surface area contributed by atoms with E-state index in [0.29, 0.717) is 35.2 Å². The molecular weight excluding hydrogens is 500 g/mol. The first-order chi connectivity index (χ1) is 19.0. The van der Waals surface area contributed by atoms with Crippen molar-refractivity contribution in [2.24, 2.45) is 5.10 Å². The number of esters is 1. The zero-order valence-electron chi connectivity index (χ0n) is 21.8. The van der Waals surface area contributed by atoms with E-state index in [1.807, 2.05) is 49.4 Å². The standard InChI is InChI=1S/C30H28N2O7/c1-4-37-28-16-20(12-14-26(28)39-30(34)22-13-15-25(35-2)27(17-22)36-3)18-31-32-29(33)19-38-24-11-7-9-21-8-5-6-10-23(21)24/h5-18H,4,19H2,1-3H3,(H,32,33). The zero-order chi connectivity index (χ0) is 27.6. The third-order valence-electron chi connectivity index (χ3n) is 5.60. The van der Waals surface area contributed by atoms with Crippen LogP contribution in [0.4, 0.5) is 0 Å². The first-order valence-electron chi connectivity index (χ1n) is 12.2. The number of nitrogens with zero attached hydrogens (tertiary/aromatic N) is 1. The van der Waals surface area contributed by atoms with E-state index in [1.54, 1.807) is 30.3 Å². The van der Waals surface area contributed by atoms with E-state index in [4.69, 9.17) is 23.7 Å². The molecule has 0 aliphatic rings. The minimum Gasteiger partial charge on any atom is -0.493 e. The second-order valence-electron chi connectivity index (χ2n) is 8.16. The molecule has 39 heavy (non-hydrogen) atoms. The fourth-order valence-electron chi connectivity index (χ4n) is 3.76.